The minimum atomic E-state index is -0.388. The second-order valence-electron chi connectivity index (χ2n) is 6.45. The van der Waals surface area contributed by atoms with Crippen molar-refractivity contribution >= 4 is 39.6 Å². The predicted octanol–water partition coefficient (Wildman–Crippen LogP) is 2.95. The van der Waals surface area contributed by atoms with Crippen molar-refractivity contribution in [2.45, 2.75) is 18.5 Å². The third-order valence-electron chi connectivity index (χ3n) is 5.01. The molecule has 1 aliphatic heterocycles. The number of hydrogen-bond acceptors (Lipinski definition) is 6. The average Bonchev–Trinajstić information content (AvgIpc) is 3.30. The smallest absolute Gasteiger partial charge is 0.323 e. The third-order valence-corrected chi connectivity index (χ3v) is 5.56. The van der Waals surface area contributed by atoms with Crippen LogP contribution in [0.5, 0.6) is 0 Å². The molecule has 0 saturated heterocycles. The number of ether oxygens (including phenoxy) is 1. The van der Waals surface area contributed by atoms with Gasteiger partial charge in [-0.15, -0.1) is 0 Å². The molecule has 0 amide bonds. The van der Waals surface area contributed by atoms with Gasteiger partial charge < -0.3 is 9.72 Å². The number of nitrogens with one attached hydrogen (secondary N) is 2. The van der Waals surface area contributed by atoms with Gasteiger partial charge in [-0.05, 0) is 29.3 Å². The first-order valence-corrected chi connectivity index (χ1v) is 9.13. The number of aromatic nitrogens is 3. The number of H-pyrrole nitrogens is 1. The van der Waals surface area contributed by atoms with Crippen LogP contribution in [-0.4, -0.2) is 32.9 Å². The Morgan fingerprint density at radius 3 is 2.92 bits per heavy atom. The summed E-state index contributed by atoms with van der Waals surface area (Å²) in [6, 6.07) is 13.7. The highest BCUT2D eigenvalue weighted by Gasteiger charge is 2.34. The van der Waals surface area contributed by atoms with Gasteiger partial charge in [-0.2, -0.15) is 8.75 Å². The summed E-state index contributed by atoms with van der Waals surface area (Å²) in [5.74, 6) is -0.248. The molecule has 0 bridgehead atoms. The molecule has 5 rings (SSSR count). The first kappa shape index (κ1) is 15.5. The van der Waals surface area contributed by atoms with Crippen molar-refractivity contribution in [3.63, 3.8) is 0 Å². The Morgan fingerprint density at radius 2 is 2.04 bits per heavy atom. The average molecular weight is 364 g/mol. The zero-order valence-electron chi connectivity index (χ0n) is 14.0. The minimum Gasteiger partial charge on any atom is -0.468 e. The van der Waals surface area contributed by atoms with Gasteiger partial charge in [0.05, 0.1) is 24.9 Å². The molecule has 2 atom stereocenters. The normalized spacial score (nSPS) is 19.6. The highest BCUT2D eigenvalue weighted by atomic mass is 32.1. The minimum absolute atomic E-state index is 0.138. The summed E-state index contributed by atoms with van der Waals surface area (Å²) in [5.41, 5.74) is 6.13. The molecular formula is C19H16N4O2S. The Kier molecular flexibility index (Phi) is 3.51. The van der Waals surface area contributed by atoms with E-state index >= 15 is 0 Å². The van der Waals surface area contributed by atoms with Crippen molar-refractivity contribution in [3.8, 4) is 0 Å². The highest BCUT2D eigenvalue weighted by Crippen LogP contribution is 2.36. The lowest BCUT2D eigenvalue weighted by Gasteiger charge is -2.30. The van der Waals surface area contributed by atoms with E-state index in [2.05, 4.69) is 31.2 Å². The van der Waals surface area contributed by atoms with Gasteiger partial charge in [0.2, 0.25) is 0 Å². The number of nitrogens with zero attached hydrogens (tertiary/aromatic N) is 2. The summed E-state index contributed by atoms with van der Waals surface area (Å²) in [6.45, 7) is 0. The van der Waals surface area contributed by atoms with Crippen molar-refractivity contribution < 1.29 is 9.53 Å². The molecule has 1 aliphatic rings. The zero-order chi connectivity index (χ0) is 17.7. The highest BCUT2D eigenvalue weighted by molar-refractivity contribution is 7.00. The van der Waals surface area contributed by atoms with Crippen molar-refractivity contribution in [2.24, 2.45) is 0 Å². The lowest BCUT2D eigenvalue weighted by Crippen LogP contribution is -2.45. The number of methoxy groups -OCH3 is 1. The molecule has 0 saturated carbocycles. The molecule has 0 aliphatic carbocycles. The van der Waals surface area contributed by atoms with Crippen LogP contribution < -0.4 is 5.32 Å². The second-order valence-corrected chi connectivity index (χ2v) is 6.98. The van der Waals surface area contributed by atoms with Crippen LogP contribution in [0.25, 0.3) is 21.9 Å². The predicted molar refractivity (Wildman–Crippen MR) is 100 cm³/mol. The van der Waals surface area contributed by atoms with Crippen LogP contribution in [0.3, 0.4) is 0 Å². The fourth-order valence-electron chi connectivity index (χ4n) is 3.77. The molecule has 130 valence electrons. The molecule has 26 heavy (non-hydrogen) atoms. The van der Waals surface area contributed by atoms with Crippen LogP contribution in [0.4, 0.5) is 0 Å². The number of para-hydroxylation sites is 1. The fourth-order valence-corrected chi connectivity index (χ4v) is 4.29. The SMILES string of the molecule is COC(=O)[C@H]1Cc2c([nH]c3ccccc23)[C@H](c2ccc3nsnc3c2)N1. The summed E-state index contributed by atoms with van der Waals surface area (Å²) < 4.78 is 13.6. The summed E-state index contributed by atoms with van der Waals surface area (Å²) in [6.07, 6.45) is 0.600. The number of benzene rings is 2. The van der Waals surface area contributed by atoms with Gasteiger partial charge in [-0.3, -0.25) is 10.1 Å². The molecule has 0 unspecified atom stereocenters. The van der Waals surface area contributed by atoms with E-state index in [4.69, 9.17) is 4.74 Å². The molecule has 7 heteroatoms. The maximum atomic E-state index is 12.3. The molecule has 3 heterocycles. The number of hydrogen-bond donors (Lipinski definition) is 2. The summed E-state index contributed by atoms with van der Waals surface area (Å²) in [5, 5.41) is 4.60. The Labute approximate surface area is 153 Å². The van der Waals surface area contributed by atoms with Gasteiger partial charge >= 0.3 is 5.97 Å². The standard InChI is InChI=1S/C19H16N4O2S/c1-25-19(24)16-9-12-11-4-2-3-5-13(11)20-18(12)17(21-16)10-6-7-14-15(8-10)23-26-22-14/h2-8,16-17,20-21H,9H2,1H3/t16-,17+/m1/s1. The van der Waals surface area contributed by atoms with Crippen LogP contribution in [0.2, 0.25) is 0 Å². The molecule has 2 aromatic heterocycles. The van der Waals surface area contributed by atoms with Crippen molar-refractivity contribution in [2.75, 3.05) is 7.11 Å². The van der Waals surface area contributed by atoms with E-state index in [0.717, 1.165) is 38.8 Å². The molecule has 0 spiro atoms. The number of esters is 1. The summed E-state index contributed by atoms with van der Waals surface area (Å²) in [7, 11) is 1.43. The first-order valence-electron chi connectivity index (χ1n) is 8.40. The Balaban J connectivity index is 1.69. The maximum absolute atomic E-state index is 12.3. The van der Waals surface area contributed by atoms with Gasteiger partial charge in [0, 0.05) is 23.0 Å². The second kappa shape index (κ2) is 5.89. The van der Waals surface area contributed by atoms with Gasteiger partial charge in [-0.25, -0.2) is 0 Å². The number of fused-ring (bicyclic) bond motifs is 4. The molecule has 4 aromatic rings. The number of carbonyl (C=O) groups excluding carboxylic acids is 1. The molecule has 0 fully saturated rings. The monoisotopic (exact) mass is 364 g/mol. The van der Waals surface area contributed by atoms with Gasteiger partial charge in [0.1, 0.15) is 17.1 Å². The van der Waals surface area contributed by atoms with Gasteiger partial charge in [0.15, 0.2) is 0 Å². The van der Waals surface area contributed by atoms with E-state index < -0.39 is 0 Å². The van der Waals surface area contributed by atoms with Crippen LogP contribution in [0, 0.1) is 0 Å². The third kappa shape index (κ3) is 2.32. The van der Waals surface area contributed by atoms with E-state index in [9.17, 15) is 4.79 Å². The van der Waals surface area contributed by atoms with E-state index in [1.54, 1.807) is 0 Å². The van der Waals surface area contributed by atoms with Gasteiger partial charge in [-0.1, -0.05) is 24.3 Å². The molecule has 0 radical (unpaired) electrons. The fraction of sp³-hybridized carbons (Fsp3) is 0.211. The lowest BCUT2D eigenvalue weighted by molar-refractivity contribution is -0.143. The number of rotatable bonds is 2. The number of carbonyl (C=O) groups is 1. The topological polar surface area (TPSA) is 79.9 Å². The maximum Gasteiger partial charge on any atom is 0.323 e. The molecule has 2 aromatic carbocycles. The van der Waals surface area contributed by atoms with E-state index in [0.29, 0.717) is 6.42 Å². The zero-order valence-corrected chi connectivity index (χ0v) is 14.8. The van der Waals surface area contributed by atoms with Crippen molar-refractivity contribution in [3.05, 3.63) is 59.3 Å². The van der Waals surface area contributed by atoms with E-state index in [1.165, 1.54) is 18.8 Å². The van der Waals surface area contributed by atoms with Crippen molar-refractivity contribution in [1.29, 1.82) is 0 Å². The van der Waals surface area contributed by atoms with Crippen molar-refractivity contribution in [1.82, 2.24) is 19.0 Å². The summed E-state index contributed by atoms with van der Waals surface area (Å²) >= 11 is 1.20. The first-order chi connectivity index (χ1) is 12.7. The largest absolute Gasteiger partial charge is 0.468 e. The molecular weight excluding hydrogens is 348 g/mol. The summed E-state index contributed by atoms with van der Waals surface area (Å²) in [4.78, 5) is 15.8. The molecule has 6 nitrogen and oxygen atoms in total. The Morgan fingerprint density at radius 1 is 1.19 bits per heavy atom. The number of aromatic amines is 1. The quantitative estimate of drug-likeness (QED) is 0.535. The van der Waals surface area contributed by atoms with Crippen LogP contribution in [0.15, 0.2) is 42.5 Å². The Bertz CT molecular complexity index is 1130. The van der Waals surface area contributed by atoms with Gasteiger partial charge in [0.25, 0.3) is 0 Å². The lowest BCUT2D eigenvalue weighted by atomic mass is 9.90. The molecule has 2 N–H and O–H groups in total. The van der Waals surface area contributed by atoms with Crippen LogP contribution in [-0.2, 0) is 16.0 Å². The Hall–Kier alpha value is -2.77. The van der Waals surface area contributed by atoms with E-state index in [1.807, 2.05) is 30.3 Å². The van der Waals surface area contributed by atoms with Crippen LogP contribution >= 0.6 is 11.7 Å². The van der Waals surface area contributed by atoms with E-state index in [-0.39, 0.29) is 18.1 Å². The van der Waals surface area contributed by atoms with Crippen LogP contribution in [0.1, 0.15) is 22.9 Å².